The minimum atomic E-state index is -0.0810. The fourth-order valence-electron chi connectivity index (χ4n) is 0.994. The minimum Gasteiger partial charge on any atom is -0.267 e. The molecule has 0 spiro atoms. The van der Waals surface area contributed by atoms with Gasteiger partial charge < -0.3 is 0 Å². The van der Waals surface area contributed by atoms with Gasteiger partial charge in [0, 0.05) is 11.8 Å². The van der Waals surface area contributed by atoms with Crippen LogP contribution in [0, 0.1) is 6.92 Å². The SMILES string of the molecule is CCc1c(C)ccnc1[O]. The maximum Gasteiger partial charge on any atom is 0.273 e. The first-order chi connectivity index (χ1) is 4.75. The molecule has 0 aliphatic rings. The van der Waals surface area contributed by atoms with Gasteiger partial charge in [0.05, 0.1) is 0 Å². The monoisotopic (exact) mass is 136 g/mol. The zero-order valence-corrected chi connectivity index (χ0v) is 6.22. The number of aromatic nitrogens is 1. The third kappa shape index (κ3) is 1.10. The van der Waals surface area contributed by atoms with E-state index in [9.17, 15) is 5.11 Å². The number of rotatable bonds is 1. The molecule has 0 saturated heterocycles. The highest BCUT2D eigenvalue weighted by molar-refractivity contribution is 5.31. The van der Waals surface area contributed by atoms with E-state index >= 15 is 0 Å². The molecule has 0 amide bonds. The number of nitrogens with zero attached hydrogens (tertiary/aromatic N) is 1. The van der Waals surface area contributed by atoms with Crippen LogP contribution in [0.25, 0.3) is 0 Å². The van der Waals surface area contributed by atoms with Crippen LogP contribution in [-0.2, 0) is 11.5 Å². The minimum absolute atomic E-state index is 0.0810. The molecule has 1 aromatic rings. The summed E-state index contributed by atoms with van der Waals surface area (Å²) in [5.74, 6) is -0.0810. The maximum absolute atomic E-state index is 11.0. The van der Waals surface area contributed by atoms with Crippen molar-refractivity contribution in [2.45, 2.75) is 20.3 Å². The van der Waals surface area contributed by atoms with Crippen LogP contribution in [0.2, 0.25) is 0 Å². The lowest BCUT2D eigenvalue weighted by molar-refractivity contribution is 0.332. The smallest absolute Gasteiger partial charge is 0.267 e. The highest BCUT2D eigenvalue weighted by atomic mass is 16.3. The summed E-state index contributed by atoms with van der Waals surface area (Å²) in [6.07, 6.45) is 2.33. The predicted octanol–water partition coefficient (Wildman–Crippen LogP) is 2.10. The molecule has 0 aromatic carbocycles. The van der Waals surface area contributed by atoms with Crippen LogP contribution in [-0.4, -0.2) is 4.98 Å². The van der Waals surface area contributed by atoms with Gasteiger partial charge in [-0.2, -0.15) is 0 Å². The van der Waals surface area contributed by atoms with E-state index in [0.717, 1.165) is 17.5 Å². The normalized spacial score (nSPS) is 9.80. The molecule has 0 saturated carbocycles. The Kier molecular flexibility index (Phi) is 1.90. The van der Waals surface area contributed by atoms with Crippen molar-refractivity contribution in [3.05, 3.63) is 23.4 Å². The van der Waals surface area contributed by atoms with Crippen molar-refractivity contribution in [2.75, 3.05) is 0 Å². The molecule has 1 aromatic heterocycles. The Balaban J connectivity index is 3.17. The summed E-state index contributed by atoms with van der Waals surface area (Å²) in [5.41, 5.74) is 1.88. The summed E-state index contributed by atoms with van der Waals surface area (Å²) in [6.45, 7) is 3.90. The van der Waals surface area contributed by atoms with Crippen LogP contribution in [0.5, 0.6) is 5.88 Å². The van der Waals surface area contributed by atoms with Crippen LogP contribution in [0.15, 0.2) is 12.3 Å². The topological polar surface area (TPSA) is 32.8 Å². The lowest BCUT2D eigenvalue weighted by Gasteiger charge is -1.99. The molecule has 0 aliphatic heterocycles. The van der Waals surface area contributed by atoms with Crippen molar-refractivity contribution in [1.82, 2.24) is 4.98 Å². The Morgan fingerprint density at radius 3 is 2.70 bits per heavy atom. The average molecular weight is 136 g/mol. The van der Waals surface area contributed by atoms with E-state index in [2.05, 4.69) is 4.98 Å². The largest absolute Gasteiger partial charge is 0.273 e. The molecule has 53 valence electrons. The van der Waals surface area contributed by atoms with Crippen LogP contribution in [0.3, 0.4) is 0 Å². The number of pyridine rings is 1. The number of hydrogen-bond donors (Lipinski definition) is 0. The quantitative estimate of drug-likeness (QED) is 0.581. The van der Waals surface area contributed by atoms with Gasteiger partial charge in [-0.25, -0.2) is 4.98 Å². The zero-order chi connectivity index (χ0) is 7.56. The third-order valence-corrected chi connectivity index (χ3v) is 1.60. The summed E-state index contributed by atoms with van der Waals surface area (Å²) >= 11 is 0. The van der Waals surface area contributed by atoms with Gasteiger partial charge in [0.2, 0.25) is 0 Å². The Hall–Kier alpha value is -1.05. The van der Waals surface area contributed by atoms with E-state index in [1.807, 2.05) is 19.9 Å². The standard InChI is InChI=1S/C8H10NO/c1-3-7-6(2)4-5-9-8(7)10/h4-5H,3H2,1-2H3. The van der Waals surface area contributed by atoms with E-state index in [0.29, 0.717) is 0 Å². The molecule has 2 nitrogen and oxygen atoms in total. The van der Waals surface area contributed by atoms with E-state index < -0.39 is 0 Å². The first kappa shape index (κ1) is 7.06. The van der Waals surface area contributed by atoms with Gasteiger partial charge in [0.1, 0.15) is 0 Å². The molecule has 0 atom stereocenters. The Labute approximate surface area is 60.5 Å². The first-order valence-corrected chi connectivity index (χ1v) is 3.37. The van der Waals surface area contributed by atoms with Crippen LogP contribution >= 0.6 is 0 Å². The average Bonchev–Trinajstić information content (AvgIpc) is 1.88. The molecule has 0 aliphatic carbocycles. The molecule has 0 fully saturated rings. The highest BCUT2D eigenvalue weighted by Crippen LogP contribution is 2.17. The predicted molar refractivity (Wildman–Crippen MR) is 38.5 cm³/mol. The zero-order valence-electron chi connectivity index (χ0n) is 6.22. The first-order valence-electron chi connectivity index (χ1n) is 3.37. The van der Waals surface area contributed by atoms with Crippen molar-refractivity contribution in [3.63, 3.8) is 0 Å². The van der Waals surface area contributed by atoms with Crippen molar-refractivity contribution < 1.29 is 5.11 Å². The van der Waals surface area contributed by atoms with Crippen LogP contribution in [0.4, 0.5) is 0 Å². The molecular weight excluding hydrogens is 126 g/mol. The third-order valence-electron chi connectivity index (χ3n) is 1.60. The van der Waals surface area contributed by atoms with Gasteiger partial charge in [-0.05, 0) is 25.0 Å². The number of aryl methyl sites for hydroxylation is 1. The molecule has 1 heterocycles. The molecule has 2 heteroatoms. The van der Waals surface area contributed by atoms with E-state index in [-0.39, 0.29) is 5.88 Å². The van der Waals surface area contributed by atoms with Crippen LogP contribution in [0.1, 0.15) is 18.1 Å². The van der Waals surface area contributed by atoms with E-state index in [1.54, 1.807) is 6.20 Å². The summed E-state index contributed by atoms with van der Waals surface area (Å²) in [5, 5.41) is 11.0. The summed E-state index contributed by atoms with van der Waals surface area (Å²) in [4.78, 5) is 3.66. The lowest BCUT2D eigenvalue weighted by Crippen LogP contribution is -1.87. The van der Waals surface area contributed by atoms with Gasteiger partial charge in [-0.1, -0.05) is 6.92 Å². The fraction of sp³-hybridized carbons (Fsp3) is 0.375. The van der Waals surface area contributed by atoms with E-state index in [1.165, 1.54) is 0 Å². The maximum atomic E-state index is 11.0. The van der Waals surface area contributed by atoms with Crippen molar-refractivity contribution in [1.29, 1.82) is 0 Å². The van der Waals surface area contributed by atoms with Gasteiger partial charge >= 0.3 is 0 Å². The second-order valence-electron chi connectivity index (χ2n) is 2.27. The van der Waals surface area contributed by atoms with Crippen molar-refractivity contribution in [2.24, 2.45) is 0 Å². The van der Waals surface area contributed by atoms with Gasteiger partial charge in [0.15, 0.2) is 0 Å². The van der Waals surface area contributed by atoms with Crippen LogP contribution < -0.4 is 0 Å². The molecule has 1 radical (unpaired) electrons. The van der Waals surface area contributed by atoms with Gasteiger partial charge in [-0.15, -0.1) is 0 Å². The Morgan fingerprint density at radius 1 is 1.60 bits per heavy atom. The van der Waals surface area contributed by atoms with Gasteiger partial charge in [-0.3, -0.25) is 5.11 Å². The Morgan fingerprint density at radius 2 is 2.30 bits per heavy atom. The van der Waals surface area contributed by atoms with Crippen molar-refractivity contribution >= 4 is 0 Å². The van der Waals surface area contributed by atoms with E-state index in [4.69, 9.17) is 0 Å². The molecule has 10 heavy (non-hydrogen) atoms. The summed E-state index contributed by atoms with van der Waals surface area (Å²) in [7, 11) is 0. The number of hydrogen-bond acceptors (Lipinski definition) is 1. The second kappa shape index (κ2) is 2.69. The lowest BCUT2D eigenvalue weighted by atomic mass is 10.1. The molecule has 0 bridgehead atoms. The molecule has 1 rings (SSSR count). The summed E-state index contributed by atoms with van der Waals surface area (Å²) in [6, 6.07) is 1.86. The molecule has 0 unspecified atom stereocenters. The highest BCUT2D eigenvalue weighted by Gasteiger charge is 2.03. The summed E-state index contributed by atoms with van der Waals surface area (Å²) < 4.78 is 0. The second-order valence-corrected chi connectivity index (χ2v) is 2.27. The van der Waals surface area contributed by atoms with Crippen molar-refractivity contribution in [3.8, 4) is 5.88 Å². The molecule has 0 N–H and O–H groups in total. The Bertz CT molecular complexity index is 212. The van der Waals surface area contributed by atoms with Gasteiger partial charge in [0.25, 0.3) is 5.88 Å². The fourth-order valence-corrected chi connectivity index (χ4v) is 0.994. The molecular formula is C8H10NO.